The van der Waals surface area contributed by atoms with Crippen LogP contribution in [0.2, 0.25) is 5.02 Å². The summed E-state index contributed by atoms with van der Waals surface area (Å²) >= 11 is 6.45. The Balaban J connectivity index is 1.66. The highest BCUT2D eigenvalue weighted by Crippen LogP contribution is 2.43. The normalized spacial score (nSPS) is 21.5. The van der Waals surface area contributed by atoms with Gasteiger partial charge in [-0.3, -0.25) is 14.6 Å². The van der Waals surface area contributed by atoms with Gasteiger partial charge in [-0.15, -0.1) is 11.3 Å². The van der Waals surface area contributed by atoms with Crippen molar-refractivity contribution in [1.29, 1.82) is 0 Å². The predicted octanol–water partition coefficient (Wildman–Crippen LogP) is 7.48. The number of alkyl halides is 6. The number of hydrogen-bond acceptors (Lipinski definition) is 6. The fourth-order valence-electron chi connectivity index (χ4n) is 6.43. The Kier molecular flexibility index (Phi) is 10.0. The second kappa shape index (κ2) is 13.6. The largest absolute Gasteiger partial charge is 0.480 e. The number of carbonyl (C=O) groups excluding carboxylic acids is 2. The molecule has 0 bridgehead atoms. The van der Waals surface area contributed by atoms with E-state index in [0.717, 1.165) is 27.4 Å². The van der Waals surface area contributed by atoms with Crippen LogP contribution in [0.25, 0.3) is 0 Å². The standard InChI is InChI=1S/C32H30ClF6N3O5S/c1-2-3-7-24-30(47-21-15-25(48-17-21)32(37,38)39,10-5-12-41(24)27(43)26-22(31(34,35)36)6-4-11-40-26)29(46)42-16-18-8-9-20(33)13-19(18)14-23(42)28(44)45/h4,6,8-9,11,13,15,17,23-24H,2-3,5,7,10,12,14,16H2,1H3,(H,44,45)/t23-,24-,30+/m1/s1. The van der Waals surface area contributed by atoms with Crippen LogP contribution in [0.4, 0.5) is 26.3 Å². The van der Waals surface area contributed by atoms with E-state index in [0.29, 0.717) is 52.5 Å². The lowest BCUT2D eigenvalue weighted by Gasteiger charge is -2.51. The van der Waals surface area contributed by atoms with Gasteiger partial charge in [0.05, 0.1) is 11.6 Å². The number of pyridine rings is 1. The number of carboxylic acids is 1. The molecular formula is C32H30ClF6N3O5S. The van der Waals surface area contributed by atoms with Gasteiger partial charge in [-0.25, -0.2) is 4.79 Å². The number of aromatic nitrogens is 1. The number of halogens is 7. The summed E-state index contributed by atoms with van der Waals surface area (Å²) in [6.45, 7) is 1.47. The van der Waals surface area contributed by atoms with E-state index in [2.05, 4.69) is 4.98 Å². The van der Waals surface area contributed by atoms with Crippen LogP contribution in [-0.2, 0) is 34.9 Å². The first-order valence-corrected chi connectivity index (χ1v) is 16.3. The van der Waals surface area contributed by atoms with Crippen molar-refractivity contribution in [1.82, 2.24) is 14.8 Å². The van der Waals surface area contributed by atoms with Crippen LogP contribution in [0.3, 0.4) is 0 Å². The highest BCUT2D eigenvalue weighted by atomic mass is 35.5. The lowest BCUT2D eigenvalue weighted by atomic mass is 9.78. The molecule has 1 N–H and O–H groups in total. The molecule has 2 aliphatic rings. The van der Waals surface area contributed by atoms with Gasteiger partial charge in [0.15, 0.2) is 0 Å². The van der Waals surface area contributed by atoms with Crippen LogP contribution in [0.5, 0.6) is 5.75 Å². The Morgan fingerprint density at radius 1 is 1.08 bits per heavy atom. The number of unbranched alkanes of at least 4 members (excludes halogenated alkanes) is 1. The highest BCUT2D eigenvalue weighted by Gasteiger charge is 2.57. The number of ether oxygens (including phenoxy) is 1. The van der Waals surface area contributed by atoms with Crippen molar-refractivity contribution in [3.63, 3.8) is 0 Å². The smallest absolute Gasteiger partial charge is 0.425 e. The second-order valence-electron chi connectivity index (χ2n) is 11.7. The summed E-state index contributed by atoms with van der Waals surface area (Å²) in [5.74, 6) is -3.76. The summed E-state index contributed by atoms with van der Waals surface area (Å²) in [6, 6.07) is 4.48. The number of likely N-dealkylation sites (tertiary alicyclic amines) is 1. The highest BCUT2D eigenvalue weighted by molar-refractivity contribution is 7.10. The van der Waals surface area contributed by atoms with E-state index in [1.54, 1.807) is 18.2 Å². The quantitative estimate of drug-likeness (QED) is 0.243. The van der Waals surface area contributed by atoms with Gasteiger partial charge in [0.2, 0.25) is 5.60 Å². The van der Waals surface area contributed by atoms with E-state index < -0.39 is 64.0 Å². The molecule has 5 rings (SSSR count). The van der Waals surface area contributed by atoms with E-state index in [4.69, 9.17) is 16.3 Å². The maximum absolute atomic E-state index is 14.9. The Hall–Kier alpha value is -3.85. The third kappa shape index (κ3) is 6.98. The minimum Gasteiger partial charge on any atom is -0.480 e. The zero-order valence-corrected chi connectivity index (χ0v) is 27.0. The first-order valence-electron chi connectivity index (χ1n) is 15.1. The van der Waals surface area contributed by atoms with Crippen molar-refractivity contribution in [3.05, 3.63) is 80.3 Å². The lowest BCUT2D eigenvalue weighted by molar-refractivity contribution is -0.168. The molecule has 0 saturated carbocycles. The molecule has 1 aromatic carbocycles. The molecule has 1 saturated heterocycles. The first kappa shape index (κ1) is 35.5. The second-order valence-corrected chi connectivity index (χ2v) is 13.0. The minimum atomic E-state index is -4.94. The van der Waals surface area contributed by atoms with Gasteiger partial charge in [0.25, 0.3) is 11.8 Å². The summed E-state index contributed by atoms with van der Waals surface area (Å²) in [5.41, 5.74) is -3.21. The van der Waals surface area contributed by atoms with Crippen LogP contribution < -0.4 is 4.74 Å². The molecule has 2 aromatic heterocycles. The van der Waals surface area contributed by atoms with E-state index in [9.17, 15) is 45.8 Å². The molecule has 16 heteroatoms. The number of benzene rings is 1. The summed E-state index contributed by atoms with van der Waals surface area (Å²) in [4.78, 5) is 46.4. The zero-order valence-electron chi connectivity index (χ0n) is 25.4. The third-order valence-electron chi connectivity index (χ3n) is 8.63. The van der Waals surface area contributed by atoms with Crippen molar-refractivity contribution in [2.45, 2.75) is 82.0 Å². The maximum atomic E-state index is 14.9. The average Bonchev–Trinajstić information content (AvgIpc) is 3.51. The maximum Gasteiger partial charge on any atom is 0.425 e. The van der Waals surface area contributed by atoms with Gasteiger partial charge in [-0.05, 0) is 48.2 Å². The Morgan fingerprint density at radius 3 is 2.48 bits per heavy atom. The molecule has 0 spiro atoms. The number of carbonyl (C=O) groups is 3. The van der Waals surface area contributed by atoms with E-state index >= 15 is 0 Å². The summed E-state index contributed by atoms with van der Waals surface area (Å²) < 4.78 is 89.1. The molecule has 0 radical (unpaired) electrons. The van der Waals surface area contributed by atoms with Gasteiger partial charge in [0, 0.05) is 48.6 Å². The van der Waals surface area contributed by atoms with E-state index in [-0.39, 0.29) is 44.5 Å². The van der Waals surface area contributed by atoms with Crippen molar-refractivity contribution >= 4 is 40.7 Å². The molecule has 0 aliphatic carbocycles. The predicted molar refractivity (Wildman–Crippen MR) is 163 cm³/mol. The van der Waals surface area contributed by atoms with Crippen LogP contribution in [-0.4, -0.2) is 61.9 Å². The lowest BCUT2D eigenvalue weighted by Crippen LogP contribution is -2.69. The molecule has 4 heterocycles. The van der Waals surface area contributed by atoms with Gasteiger partial charge < -0.3 is 19.6 Å². The number of nitrogens with zero attached hydrogens (tertiary/aromatic N) is 3. The number of amides is 2. The Morgan fingerprint density at radius 2 is 1.83 bits per heavy atom. The van der Waals surface area contributed by atoms with Crippen LogP contribution in [0.15, 0.2) is 48.0 Å². The van der Waals surface area contributed by atoms with Crippen LogP contribution in [0, 0.1) is 0 Å². The van der Waals surface area contributed by atoms with Crippen molar-refractivity contribution in [3.8, 4) is 5.75 Å². The minimum absolute atomic E-state index is 0.00231. The first-order chi connectivity index (χ1) is 22.6. The van der Waals surface area contributed by atoms with Crippen molar-refractivity contribution in [2.75, 3.05) is 6.54 Å². The van der Waals surface area contributed by atoms with Crippen LogP contribution in [0.1, 0.15) is 71.1 Å². The monoisotopic (exact) mass is 717 g/mol. The van der Waals surface area contributed by atoms with Crippen molar-refractivity contribution in [2.24, 2.45) is 0 Å². The number of carboxylic acid groups (broad SMARTS) is 1. The van der Waals surface area contributed by atoms with Crippen molar-refractivity contribution < 1.29 is 50.6 Å². The molecule has 2 amide bonds. The Labute approximate surface area is 280 Å². The summed E-state index contributed by atoms with van der Waals surface area (Å²) in [6.07, 6.45) is -8.07. The molecule has 8 nitrogen and oxygen atoms in total. The van der Waals surface area contributed by atoms with Gasteiger partial charge >= 0.3 is 18.3 Å². The number of rotatable bonds is 8. The molecule has 3 atom stereocenters. The number of piperidine rings is 1. The summed E-state index contributed by atoms with van der Waals surface area (Å²) in [7, 11) is 0. The third-order valence-corrected chi connectivity index (χ3v) is 9.82. The number of hydrogen-bond donors (Lipinski definition) is 1. The molecular weight excluding hydrogens is 688 g/mol. The van der Waals surface area contributed by atoms with E-state index in [1.165, 1.54) is 0 Å². The molecule has 258 valence electrons. The van der Waals surface area contributed by atoms with Gasteiger partial charge in [-0.2, -0.15) is 26.3 Å². The topological polar surface area (TPSA) is 100 Å². The molecule has 48 heavy (non-hydrogen) atoms. The number of aliphatic carboxylic acids is 1. The molecule has 1 fully saturated rings. The fraction of sp³-hybridized carbons (Fsp3) is 0.438. The van der Waals surface area contributed by atoms with Crippen LogP contribution >= 0.6 is 22.9 Å². The average molecular weight is 718 g/mol. The molecule has 0 unspecified atom stereocenters. The number of thiophene rings is 1. The zero-order chi connectivity index (χ0) is 35.0. The summed E-state index contributed by atoms with van der Waals surface area (Å²) in [5, 5.41) is 11.7. The van der Waals surface area contributed by atoms with E-state index in [1.807, 2.05) is 6.92 Å². The van der Waals surface area contributed by atoms with Gasteiger partial charge in [0.1, 0.15) is 22.4 Å². The van der Waals surface area contributed by atoms with Gasteiger partial charge in [-0.1, -0.05) is 37.4 Å². The number of fused-ring (bicyclic) bond motifs is 1. The fourth-order valence-corrected chi connectivity index (χ4v) is 7.30. The Bertz CT molecular complexity index is 1700. The SMILES string of the molecule is CCCC[C@H]1N(C(=O)c2ncccc2C(F)(F)F)CCC[C@@]1(Oc1csc(C(F)(F)F)c1)C(=O)N1Cc2ccc(Cl)cc2C[C@@H]1C(=O)O. The molecule has 3 aromatic rings. The molecule has 2 aliphatic heterocycles.